The Labute approximate surface area is 92.8 Å². The topological polar surface area (TPSA) is 0 Å². The van der Waals surface area contributed by atoms with Gasteiger partial charge in [0.2, 0.25) is 0 Å². The number of hydrogen-bond acceptors (Lipinski definition) is 0. The first-order chi connectivity index (χ1) is 6.27. The lowest BCUT2D eigenvalue weighted by molar-refractivity contribution is 0.626. The maximum atomic E-state index is 3.56. The standard InChI is InChI=1S/2C5H12.C4H8/c2*1-4-5(2)3;1-4(2)3/h2*5H,4H2,1-3H3;1H2,2-3H3. The molecule has 0 aliphatic heterocycles. The van der Waals surface area contributed by atoms with Gasteiger partial charge in [-0.15, -0.1) is 6.58 Å². The van der Waals surface area contributed by atoms with Crippen molar-refractivity contribution in [3.8, 4) is 0 Å². The summed E-state index contributed by atoms with van der Waals surface area (Å²) in [5.74, 6) is 1.77. The second-order valence-electron chi connectivity index (χ2n) is 4.81. The molecule has 0 aromatic heterocycles. The molecule has 0 saturated carbocycles. The summed E-state index contributed by atoms with van der Waals surface area (Å²) >= 11 is 0. The van der Waals surface area contributed by atoms with Crippen molar-refractivity contribution in [1.29, 1.82) is 0 Å². The zero-order valence-corrected chi connectivity index (χ0v) is 11.8. The third-order valence-corrected chi connectivity index (χ3v) is 1.63. The second-order valence-corrected chi connectivity index (χ2v) is 4.81. The van der Waals surface area contributed by atoms with Crippen molar-refractivity contribution in [2.45, 2.75) is 68.2 Å². The fourth-order valence-electron chi connectivity index (χ4n) is 0. The van der Waals surface area contributed by atoms with Gasteiger partial charge in [-0.2, -0.15) is 0 Å². The first-order valence-electron chi connectivity index (χ1n) is 5.89. The first kappa shape index (κ1) is 19.3. The summed E-state index contributed by atoms with van der Waals surface area (Å²) in [7, 11) is 0. The molecule has 0 aliphatic rings. The third kappa shape index (κ3) is 96.8. The van der Waals surface area contributed by atoms with E-state index < -0.39 is 0 Å². The Morgan fingerprint density at radius 3 is 0.929 bits per heavy atom. The largest absolute Gasteiger partial charge is 0.100 e. The Bertz CT molecular complexity index is 86.6. The molecule has 0 radical (unpaired) electrons. The van der Waals surface area contributed by atoms with Crippen LogP contribution in [0.4, 0.5) is 0 Å². The van der Waals surface area contributed by atoms with Gasteiger partial charge in [-0.3, -0.25) is 0 Å². The molecule has 0 heteroatoms. The summed E-state index contributed by atoms with van der Waals surface area (Å²) in [5, 5.41) is 0. The Balaban J connectivity index is -0.000000131. The summed E-state index contributed by atoms with van der Waals surface area (Å²) in [6, 6.07) is 0. The van der Waals surface area contributed by atoms with Gasteiger partial charge in [0.05, 0.1) is 0 Å². The fraction of sp³-hybridized carbons (Fsp3) is 0.857. The van der Waals surface area contributed by atoms with Crippen LogP contribution < -0.4 is 0 Å². The van der Waals surface area contributed by atoms with Gasteiger partial charge in [0.1, 0.15) is 0 Å². The highest BCUT2D eigenvalue weighted by molar-refractivity contribution is 4.78. The monoisotopic (exact) mass is 200 g/mol. The normalized spacial score (nSPS) is 8.71. The van der Waals surface area contributed by atoms with Crippen molar-refractivity contribution in [3.63, 3.8) is 0 Å². The van der Waals surface area contributed by atoms with Crippen molar-refractivity contribution in [2.75, 3.05) is 0 Å². The molecule has 0 unspecified atom stereocenters. The zero-order valence-electron chi connectivity index (χ0n) is 11.8. The van der Waals surface area contributed by atoms with Gasteiger partial charge in [-0.1, -0.05) is 60.0 Å². The van der Waals surface area contributed by atoms with Crippen LogP contribution in [0.1, 0.15) is 68.2 Å². The second kappa shape index (κ2) is 15.2. The smallest absolute Gasteiger partial charge is 0.0445 e. The van der Waals surface area contributed by atoms with Crippen LogP contribution in [-0.4, -0.2) is 0 Å². The molecule has 0 saturated heterocycles. The number of rotatable bonds is 2. The molecule has 0 amide bonds. The van der Waals surface area contributed by atoms with Gasteiger partial charge in [-0.05, 0) is 25.7 Å². The van der Waals surface area contributed by atoms with Gasteiger partial charge in [-0.25, -0.2) is 0 Å². The number of hydrogen-bond donors (Lipinski definition) is 0. The van der Waals surface area contributed by atoms with Crippen molar-refractivity contribution in [3.05, 3.63) is 12.2 Å². The van der Waals surface area contributed by atoms with Crippen LogP contribution in [0, 0.1) is 11.8 Å². The van der Waals surface area contributed by atoms with Crippen LogP contribution >= 0.6 is 0 Å². The maximum absolute atomic E-state index is 3.56. The highest BCUT2D eigenvalue weighted by Gasteiger charge is 1.80. The SMILES string of the molecule is C=C(C)C.CCC(C)C.CCC(C)C. The third-order valence-electron chi connectivity index (χ3n) is 1.63. The van der Waals surface area contributed by atoms with E-state index in [0.29, 0.717) is 0 Å². The van der Waals surface area contributed by atoms with E-state index >= 15 is 0 Å². The van der Waals surface area contributed by atoms with E-state index in [1.807, 2.05) is 13.8 Å². The van der Waals surface area contributed by atoms with Crippen LogP contribution in [0.3, 0.4) is 0 Å². The summed E-state index contributed by atoms with van der Waals surface area (Å²) in [5.41, 5.74) is 1.17. The van der Waals surface area contributed by atoms with E-state index in [-0.39, 0.29) is 0 Å². The van der Waals surface area contributed by atoms with Crippen molar-refractivity contribution in [2.24, 2.45) is 11.8 Å². The number of allylic oxidation sites excluding steroid dienone is 1. The van der Waals surface area contributed by atoms with E-state index in [4.69, 9.17) is 0 Å². The summed E-state index contributed by atoms with van der Waals surface area (Å²) in [4.78, 5) is 0. The van der Waals surface area contributed by atoms with Crippen molar-refractivity contribution < 1.29 is 0 Å². The molecular weight excluding hydrogens is 168 g/mol. The van der Waals surface area contributed by atoms with Crippen LogP contribution in [0.15, 0.2) is 12.2 Å². The Hall–Kier alpha value is -0.260. The molecule has 88 valence electrons. The molecule has 0 spiro atoms. The van der Waals surface area contributed by atoms with E-state index in [1.54, 1.807) is 0 Å². The molecule has 0 aliphatic carbocycles. The van der Waals surface area contributed by atoms with E-state index in [1.165, 1.54) is 18.4 Å². The van der Waals surface area contributed by atoms with Crippen LogP contribution in [0.5, 0.6) is 0 Å². The molecule has 0 N–H and O–H groups in total. The quantitative estimate of drug-likeness (QED) is 0.502. The van der Waals surface area contributed by atoms with E-state index in [9.17, 15) is 0 Å². The van der Waals surface area contributed by atoms with Crippen LogP contribution in [-0.2, 0) is 0 Å². The minimum atomic E-state index is 0.884. The highest BCUT2D eigenvalue weighted by atomic mass is 13.9. The predicted molar refractivity (Wildman–Crippen MR) is 70.7 cm³/mol. The average Bonchev–Trinajstić information content (AvgIpc) is 2.04. The Morgan fingerprint density at radius 2 is 0.929 bits per heavy atom. The maximum Gasteiger partial charge on any atom is -0.0445 e. The lowest BCUT2D eigenvalue weighted by atomic mass is 10.2. The molecule has 14 heavy (non-hydrogen) atoms. The van der Waals surface area contributed by atoms with Crippen molar-refractivity contribution in [1.82, 2.24) is 0 Å². The zero-order chi connectivity index (χ0) is 12.1. The fourth-order valence-corrected chi connectivity index (χ4v) is 0. The lowest BCUT2D eigenvalue weighted by Gasteiger charge is -1.90. The molecule has 0 bridgehead atoms. The molecule has 0 aromatic rings. The molecule has 0 heterocycles. The van der Waals surface area contributed by atoms with Gasteiger partial charge >= 0.3 is 0 Å². The predicted octanol–water partition coefficient (Wildman–Crippen LogP) is 5.69. The summed E-state index contributed by atoms with van der Waals surface area (Å²) in [6.45, 7) is 20.8. The summed E-state index contributed by atoms with van der Waals surface area (Å²) in [6.07, 6.45) is 2.61. The first-order valence-corrected chi connectivity index (χ1v) is 5.89. The molecule has 0 aromatic carbocycles. The lowest BCUT2D eigenvalue weighted by Crippen LogP contribution is -1.77. The van der Waals surface area contributed by atoms with Gasteiger partial charge in [0, 0.05) is 0 Å². The summed E-state index contributed by atoms with van der Waals surface area (Å²) < 4.78 is 0. The van der Waals surface area contributed by atoms with Crippen LogP contribution in [0.25, 0.3) is 0 Å². The molecule has 0 atom stereocenters. The minimum absolute atomic E-state index is 0.884. The van der Waals surface area contributed by atoms with E-state index in [0.717, 1.165) is 11.8 Å². The molecule has 0 rings (SSSR count). The van der Waals surface area contributed by atoms with Gasteiger partial charge in [0.15, 0.2) is 0 Å². The molecule has 0 fully saturated rings. The van der Waals surface area contributed by atoms with Crippen LogP contribution in [0.2, 0.25) is 0 Å². The van der Waals surface area contributed by atoms with Crippen molar-refractivity contribution >= 4 is 0 Å². The Kier molecular flexibility index (Phi) is 21.0. The van der Waals surface area contributed by atoms with Gasteiger partial charge < -0.3 is 0 Å². The highest BCUT2D eigenvalue weighted by Crippen LogP contribution is 1.94. The average molecular weight is 200 g/mol. The molecule has 0 nitrogen and oxygen atoms in total. The Morgan fingerprint density at radius 1 is 0.857 bits per heavy atom. The van der Waals surface area contributed by atoms with E-state index in [2.05, 4.69) is 48.1 Å². The minimum Gasteiger partial charge on any atom is -0.100 e. The molecular formula is C14H32. The van der Waals surface area contributed by atoms with Gasteiger partial charge in [0.25, 0.3) is 0 Å².